The summed E-state index contributed by atoms with van der Waals surface area (Å²) in [5, 5.41) is 0. The minimum Gasteiger partial charge on any atom is -0.0654 e. The van der Waals surface area contributed by atoms with E-state index in [0.717, 1.165) is 0 Å². The number of benzene rings is 1. The molecule has 0 N–H and O–H groups in total. The Labute approximate surface area is 139 Å². The maximum Gasteiger partial charge on any atom is -0.0126 e. The van der Waals surface area contributed by atoms with E-state index in [1.165, 1.54) is 57.8 Å². The van der Waals surface area contributed by atoms with Crippen molar-refractivity contribution >= 4 is 0 Å². The Morgan fingerprint density at radius 1 is 0.682 bits per heavy atom. The van der Waals surface area contributed by atoms with Gasteiger partial charge < -0.3 is 0 Å². The smallest absolute Gasteiger partial charge is 0.0126 e. The summed E-state index contributed by atoms with van der Waals surface area (Å²) in [6, 6.07) is 5.06. The molecule has 1 rings (SSSR count). The fourth-order valence-electron chi connectivity index (χ4n) is 3.46. The molecule has 22 heavy (non-hydrogen) atoms. The van der Waals surface area contributed by atoms with E-state index >= 15 is 0 Å². The Bertz CT molecular complexity index is 405. The van der Waals surface area contributed by atoms with E-state index in [4.69, 9.17) is 0 Å². The standard InChI is InChI=1S/C22H38/c1-7-10-13-18-16-19(14-11-8-2)21(22(4,5)6)20(17-18)15-12-9-3/h16-17H,7-15H2,1-6H3. The minimum absolute atomic E-state index is 0.259. The van der Waals surface area contributed by atoms with Crippen LogP contribution in [0, 0.1) is 0 Å². The molecule has 0 fully saturated rings. The summed E-state index contributed by atoms with van der Waals surface area (Å²) in [5.41, 5.74) is 6.75. The molecule has 0 unspecified atom stereocenters. The molecule has 1 aromatic carbocycles. The van der Waals surface area contributed by atoms with Gasteiger partial charge in [-0.3, -0.25) is 0 Å². The van der Waals surface area contributed by atoms with Crippen LogP contribution >= 0.6 is 0 Å². The molecule has 0 aliphatic carbocycles. The zero-order valence-corrected chi connectivity index (χ0v) is 16.0. The molecule has 0 bridgehead atoms. The highest BCUT2D eigenvalue weighted by molar-refractivity contribution is 5.44. The summed E-state index contributed by atoms with van der Waals surface area (Å²) >= 11 is 0. The first-order valence-corrected chi connectivity index (χ1v) is 9.59. The zero-order chi connectivity index (χ0) is 16.6. The van der Waals surface area contributed by atoms with Gasteiger partial charge in [0.15, 0.2) is 0 Å². The van der Waals surface area contributed by atoms with E-state index in [2.05, 4.69) is 53.7 Å². The summed E-state index contributed by atoms with van der Waals surface area (Å²) in [7, 11) is 0. The molecule has 0 saturated heterocycles. The van der Waals surface area contributed by atoms with Crippen molar-refractivity contribution in [2.24, 2.45) is 0 Å². The highest BCUT2D eigenvalue weighted by atomic mass is 14.3. The van der Waals surface area contributed by atoms with Gasteiger partial charge in [0.05, 0.1) is 0 Å². The van der Waals surface area contributed by atoms with E-state index < -0.39 is 0 Å². The fourth-order valence-corrected chi connectivity index (χ4v) is 3.46. The number of aryl methyl sites for hydroxylation is 3. The van der Waals surface area contributed by atoms with Crippen LogP contribution in [0.4, 0.5) is 0 Å². The SMILES string of the molecule is CCCCc1cc(CCCC)c(C(C)(C)C)c(CCCC)c1. The second-order valence-corrected chi connectivity index (χ2v) is 7.85. The molecule has 0 heteroatoms. The molecule has 0 radical (unpaired) electrons. The summed E-state index contributed by atoms with van der Waals surface area (Å²) in [6.07, 6.45) is 11.6. The van der Waals surface area contributed by atoms with Crippen molar-refractivity contribution < 1.29 is 0 Å². The molecule has 0 aromatic heterocycles. The van der Waals surface area contributed by atoms with Gasteiger partial charge in [0, 0.05) is 0 Å². The molecular weight excluding hydrogens is 264 g/mol. The molecule has 126 valence electrons. The molecular formula is C22H38. The van der Waals surface area contributed by atoms with E-state index in [0.29, 0.717) is 0 Å². The van der Waals surface area contributed by atoms with Crippen LogP contribution in [-0.4, -0.2) is 0 Å². The second kappa shape index (κ2) is 9.38. The lowest BCUT2D eigenvalue weighted by Crippen LogP contribution is -2.18. The largest absolute Gasteiger partial charge is 0.0654 e. The maximum absolute atomic E-state index is 2.53. The van der Waals surface area contributed by atoms with Crippen molar-refractivity contribution in [3.05, 3.63) is 34.4 Å². The molecule has 0 heterocycles. The minimum atomic E-state index is 0.259. The summed E-state index contributed by atoms with van der Waals surface area (Å²) in [5.74, 6) is 0. The van der Waals surface area contributed by atoms with Gasteiger partial charge in [-0.25, -0.2) is 0 Å². The third-order valence-corrected chi connectivity index (χ3v) is 4.53. The molecule has 0 amide bonds. The predicted octanol–water partition coefficient (Wildman–Crippen LogP) is 7.01. The molecule has 0 saturated carbocycles. The number of rotatable bonds is 9. The molecule has 0 aliphatic rings. The fraction of sp³-hybridized carbons (Fsp3) is 0.727. The normalized spacial score (nSPS) is 11.9. The van der Waals surface area contributed by atoms with Gasteiger partial charge >= 0.3 is 0 Å². The number of hydrogen-bond acceptors (Lipinski definition) is 0. The first kappa shape index (κ1) is 19.3. The first-order chi connectivity index (χ1) is 10.4. The lowest BCUT2D eigenvalue weighted by molar-refractivity contribution is 0.568. The molecule has 0 atom stereocenters. The number of unbranched alkanes of at least 4 members (excludes halogenated alkanes) is 3. The molecule has 0 spiro atoms. The van der Waals surface area contributed by atoms with Crippen molar-refractivity contribution in [3.8, 4) is 0 Å². The van der Waals surface area contributed by atoms with E-state index in [9.17, 15) is 0 Å². The summed E-state index contributed by atoms with van der Waals surface area (Å²) < 4.78 is 0. The Morgan fingerprint density at radius 2 is 1.09 bits per heavy atom. The van der Waals surface area contributed by atoms with Crippen LogP contribution < -0.4 is 0 Å². The van der Waals surface area contributed by atoms with E-state index in [-0.39, 0.29) is 5.41 Å². The quantitative estimate of drug-likeness (QED) is 0.460. The van der Waals surface area contributed by atoms with Crippen LogP contribution in [0.5, 0.6) is 0 Å². The average Bonchev–Trinajstić information content (AvgIpc) is 2.47. The van der Waals surface area contributed by atoms with E-state index in [1.54, 1.807) is 22.3 Å². The monoisotopic (exact) mass is 302 g/mol. The Morgan fingerprint density at radius 3 is 1.45 bits per heavy atom. The van der Waals surface area contributed by atoms with Crippen molar-refractivity contribution in [2.75, 3.05) is 0 Å². The highest BCUT2D eigenvalue weighted by Crippen LogP contribution is 2.33. The van der Waals surface area contributed by atoms with Crippen LogP contribution in [0.3, 0.4) is 0 Å². The van der Waals surface area contributed by atoms with Gasteiger partial charge in [-0.2, -0.15) is 0 Å². The van der Waals surface area contributed by atoms with Crippen molar-refractivity contribution in [1.82, 2.24) is 0 Å². The van der Waals surface area contributed by atoms with Crippen molar-refractivity contribution in [3.63, 3.8) is 0 Å². The third kappa shape index (κ3) is 5.78. The summed E-state index contributed by atoms with van der Waals surface area (Å²) in [4.78, 5) is 0. The van der Waals surface area contributed by atoms with Crippen LogP contribution in [-0.2, 0) is 24.7 Å². The third-order valence-electron chi connectivity index (χ3n) is 4.53. The predicted molar refractivity (Wildman–Crippen MR) is 101 cm³/mol. The van der Waals surface area contributed by atoms with Gasteiger partial charge in [-0.15, -0.1) is 0 Å². The summed E-state index contributed by atoms with van der Waals surface area (Å²) in [6.45, 7) is 14.1. The first-order valence-electron chi connectivity index (χ1n) is 9.59. The molecule has 1 aromatic rings. The van der Waals surface area contributed by atoms with Crippen molar-refractivity contribution in [1.29, 1.82) is 0 Å². The Balaban J connectivity index is 3.26. The van der Waals surface area contributed by atoms with Crippen LogP contribution in [0.2, 0.25) is 0 Å². The van der Waals surface area contributed by atoms with Crippen LogP contribution in [0.15, 0.2) is 12.1 Å². The molecule has 0 aliphatic heterocycles. The topological polar surface area (TPSA) is 0 Å². The van der Waals surface area contributed by atoms with Crippen molar-refractivity contribution in [2.45, 2.75) is 105 Å². The van der Waals surface area contributed by atoms with Crippen LogP contribution in [0.25, 0.3) is 0 Å². The van der Waals surface area contributed by atoms with Crippen LogP contribution in [0.1, 0.15) is 102 Å². The average molecular weight is 303 g/mol. The van der Waals surface area contributed by atoms with Gasteiger partial charge in [0.25, 0.3) is 0 Å². The zero-order valence-electron chi connectivity index (χ0n) is 16.0. The van der Waals surface area contributed by atoms with Gasteiger partial charge in [0.2, 0.25) is 0 Å². The van der Waals surface area contributed by atoms with E-state index in [1.807, 2.05) is 0 Å². The Kier molecular flexibility index (Phi) is 8.21. The maximum atomic E-state index is 2.53. The highest BCUT2D eigenvalue weighted by Gasteiger charge is 2.22. The lowest BCUT2D eigenvalue weighted by Gasteiger charge is -2.28. The van der Waals surface area contributed by atoms with Gasteiger partial charge in [0.1, 0.15) is 0 Å². The second-order valence-electron chi connectivity index (χ2n) is 7.85. The van der Waals surface area contributed by atoms with Gasteiger partial charge in [-0.1, -0.05) is 72.9 Å². The molecule has 0 nitrogen and oxygen atoms in total. The lowest BCUT2D eigenvalue weighted by atomic mass is 9.77. The van der Waals surface area contributed by atoms with Gasteiger partial charge in [-0.05, 0) is 66.2 Å². The number of hydrogen-bond donors (Lipinski definition) is 0. The Hall–Kier alpha value is -0.780.